The van der Waals surface area contributed by atoms with E-state index in [2.05, 4.69) is 58.0 Å². The summed E-state index contributed by atoms with van der Waals surface area (Å²) < 4.78 is 6.82. The Morgan fingerprint density at radius 2 is 1.73 bits per heavy atom. The molecule has 22 heavy (non-hydrogen) atoms. The first-order valence-electron chi connectivity index (χ1n) is 9.22. The van der Waals surface area contributed by atoms with Crippen molar-refractivity contribution in [2.75, 3.05) is 0 Å². The molecule has 0 spiro atoms. The van der Waals surface area contributed by atoms with Crippen molar-refractivity contribution in [3.05, 3.63) is 11.6 Å². The third-order valence-electron chi connectivity index (χ3n) is 4.82. The number of hydrogen-bond donors (Lipinski definition) is 0. The fourth-order valence-corrected chi connectivity index (χ4v) is 6.59. The average Bonchev–Trinajstić information content (AvgIpc) is 2.51. The first-order valence-corrected chi connectivity index (χ1v) is 15.3. The average molecular weight is 337 g/mol. The predicted octanol–water partition coefficient (Wildman–Crippen LogP) is 6.15. The Morgan fingerprint density at radius 3 is 2.18 bits per heavy atom. The first-order chi connectivity index (χ1) is 10.4. The topological polar surface area (TPSA) is 9.23 Å². The minimum Gasteiger partial charge on any atom is -0.409 e. The molecule has 1 nitrogen and oxygen atoms in total. The van der Waals surface area contributed by atoms with Gasteiger partial charge in [0.05, 0.1) is 6.10 Å². The monoisotopic (exact) mass is 336 g/mol. The quantitative estimate of drug-likeness (QED) is 0.308. The van der Waals surface area contributed by atoms with Gasteiger partial charge in [0.1, 0.15) is 8.07 Å². The molecule has 0 amide bonds. The molecule has 1 aliphatic rings. The maximum Gasteiger partial charge on any atom is 0.192 e. The lowest BCUT2D eigenvalue weighted by Gasteiger charge is -2.34. The van der Waals surface area contributed by atoms with Gasteiger partial charge in [-0.05, 0) is 49.4 Å². The van der Waals surface area contributed by atoms with Crippen molar-refractivity contribution < 1.29 is 4.43 Å². The normalized spacial score (nSPS) is 17.5. The molecule has 3 heteroatoms. The Bertz CT molecular complexity index is 411. The summed E-state index contributed by atoms with van der Waals surface area (Å²) in [7, 11) is -2.84. The second kappa shape index (κ2) is 9.10. The van der Waals surface area contributed by atoms with Crippen molar-refractivity contribution in [3.63, 3.8) is 0 Å². The SMILES string of the molecule is CC[Si](CC)(CC)OC(CC#C[Si](C)(C)C)C1=CCCCC1. The molecule has 0 saturated carbocycles. The zero-order valence-corrected chi connectivity index (χ0v) is 17.7. The van der Waals surface area contributed by atoms with Crippen LogP contribution in [-0.4, -0.2) is 22.5 Å². The highest BCUT2D eigenvalue weighted by Gasteiger charge is 2.33. The Kier molecular flexibility index (Phi) is 8.17. The fraction of sp³-hybridized carbons (Fsp3) is 0.789. The number of rotatable bonds is 7. The van der Waals surface area contributed by atoms with Gasteiger partial charge in [0.25, 0.3) is 0 Å². The third kappa shape index (κ3) is 6.44. The largest absolute Gasteiger partial charge is 0.409 e. The molecule has 1 aliphatic carbocycles. The van der Waals surface area contributed by atoms with Crippen LogP contribution in [-0.2, 0) is 4.43 Å². The maximum atomic E-state index is 6.82. The van der Waals surface area contributed by atoms with Crippen molar-refractivity contribution >= 4 is 16.4 Å². The van der Waals surface area contributed by atoms with Gasteiger partial charge in [0, 0.05) is 6.42 Å². The summed E-state index contributed by atoms with van der Waals surface area (Å²) in [5.41, 5.74) is 5.07. The van der Waals surface area contributed by atoms with Gasteiger partial charge in [-0.2, -0.15) is 0 Å². The van der Waals surface area contributed by atoms with Crippen LogP contribution in [0.4, 0.5) is 0 Å². The van der Waals surface area contributed by atoms with E-state index >= 15 is 0 Å². The molecule has 0 fully saturated rings. The first kappa shape index (κ1) is 19.7. The highest BCUT2D eigenvalue weighted by atomic mass is 28.4. The van der Waals surface area contributed by atoms with Crippen LogP contribution in [0.25, 0.3) is 0 Å². The Morgan fingerprint density at radius 1 is 1.09 bits per heavy atom. The predicted molar refractivity (Wildman–Crippen MR) is 104 cm³/mol. The van der Waals surface area contributed by atoms with Crippen molar-refractivity contribution in [1.82, 2.24) is 0 Å². The van der Waals surface area contributed by atoms with Gasteiger partial charge < -0.3 is 4.43 Å². The van der Waals surface area contributed by atoms with Crippen LogP contribution < -0.4 is 0 Å². The lowest BCUT2D eigenvalue weighted by Crippen LogP contribution is -2.40. The van der Waals surface area contributed by atoms with E-state index < -0.39 is 16.4 Å². The summed E-state index contributed by atoms with van der Waals surface area (Å²) in [6.45, 7) is 13.9. The van der Waals surface area contributed by atoms with Crippen molar-refractivity contribution in [3.8, 4) is 11.5 Å². The summed E-state index contributed by atoms with van der Waals surface area (Å²) in [6, 6.07) is 3.68. The van der Waals surface area contributed by atoms with Gasteiger partial charge in [-0.15, -0.1) is 11.5 Å². The summed E-state index contributed by atoms with van der Waals surface area (Å²) in [5, 5.41) is 0. The molecular formula is C19H36OSi2. The van der Waals surface area contributed by atoms with E-state index in [9.17, 15) is 0 Å². The lowest BCUT2D eigenvalue weighted by atomic mass is 9.94. The summed E-state index contributed by atoms with van der Waals surface area (Å²) in [5.74, 6) is 3.49. The highest BCUT2D eigenvalue weighted by molar-refractivity contribution is 6.83. The van der Waals surface area contributed by atoms with E-state index in [-0.39, 0.29) is 6.10 Å². The molecule has 0 radical (unpaired) electrons. The van der Waals surface area contributed by atoms with E-state index in [1.54, 1.807) is 5.57 Å². The Hall–Kier alpha value is -0.306. The standard InChI is InChI=1S/C19H36OSi2/c1-7-22(8-2,9-3)20-19(16-13-17-21(4,5)6)18-14-11-10-12-15-18/h14,19H,7-12,15-16H2,1-6H3. The van der Waals surface area contributed by atoms with E-state index in [0.29, 0.717) is 0 Å². The van der Waals surface area contributed by atoms with Gasteiger partial charge in [0.15, 0.2) is 8.32 Å². The number of allylic oxidation sites excluding steroid dienone is 1. The van der Waals surface area contributed by atoms with Crippen molar-refractivity contribution in [2.45, 2.75) is 96.8 Å². The van der Waals surface area contributed by atoms with Gasteiger partial charge in [-0.3, -0.25) is 0 Å². The second-order valence-corrected chi connectivity index (χ2v) is 17.1. The van der Waals surface area contributed by atoms with Gasteiger partial charge in [-0.25, -0.2) is 0 Å². The van der Waals surface area contributed by atoms with Crippen LogP contribution in [0.1, 0.15) is 52.9 Å². The molecule has 0 aromatic carbocycles. The molecule has 0 aromatic rings. The van der Waals surface area contributed by atoms with Crippen molar-refractivity contribution in [2.24, 2.45) is 0 Å². The van der Waals surface area contributed by atoms with Gasteiger partial charge >= 0.3 is 0 Å². The van der Waals surface area contributed by atoms with Gasteiger partial charge in [0.2, 0.25) is 0 Å². The minimum absolute atomic E-state index is 0.274. The van der Waals surface area contributed by atoms with E-state index in [1.165, 1.54) is 43.8 Å². The highest BCUT2D eigenvalue weighted by Crippen LogP contribution is 2.30. The third-order valence-corrected chi connectivity index (χ3v) is 10.4. The van der Waals surface area contributed by atoms with Gasteiger partial charge in [-0.1, -0.05) is 46.5 Å². The zero-order chi connectivity index (χ0) is 16.6. The van der Waals surface area contributed by atoms with Crippen LogP contribution in [0.15, 0.2) is 11.6 Å². The number of hydrogen-bond acceptors (Lipinski definition) is 1. The molecule has 0 heterocycles. The summed E-state index contributed by atoms with van der Waals surface area (Å²) in [4.78, 5) is 0. The maximum absolute atomic E-state index is 6.82. The van der Waals surface area contributed by atoms with Crippen LogP contribution in [0.5, 0.6) is 0 Å². The van der Waals surface area contributed by atoms with E-state index in [4.69, 9.17) is 4.43 Å². The molecule has 1 atom stereocenters. The summed E-state index contributed by atoms with van der Waals surface area (Å²) in [6.07, 6.45) is 8.75. The molecule has 1 rings (SSSR count). The minimum atomic E-state index is -1.56. The van der Waals surface area contributed by atoms with E-state index in [1.807, 2.05) is 0 Å². The fourth-order valence-electron chi connectivity index (χ4n) is 3.11. The lowest BCUT2D eigenvalue weighted by molar-refractivity contribution is 0.219. The summed E-state index contributed by atoms with van der Waals surface area (Å²) >= 11 is 0. The van der Waals surface area contributed by atoms with Crippen LogP contribution >= 0.6 is 0 Å². The van der Waals surface area contributed by atoms with Crippen LogP contribution in [0.2, 0.25) is 37.8 Å². The second-order valence-electron chi connectivity index (χ2n) is 7.63. The molecule has 0 bridgehead atoms. The molecule has 0 aliphatic heterocycles. The van der Waals surface area contributed by atoms with Crippen molar-refractivity contribution in [1.29, 1.82) is 0 Å². The zero-order valence-electron chi connectivity index (χ0n) is 15.7. The van der Waals surface area contributed by atoms with Crippen LogP contribution in [0, 0.1) is 11.5 Å². The molecular weight excluding hydrogens is 300 g/mol. The molecule has 1 unspecified atom stereocenters. The Labute approximate surface area is 141 Å². The molecule has 126 valence electrons. The molecule has 0 N–H and O–H groups in total. The van der Waals surface area contributed by atoms with E-state index in [0.717, 1.165) is 6.42 Å². The molecule has 0 aromatic heterocycles. The van der Waals surface area contributed by atoms with Crippen LogP contribution in [0.3, 0.4) is 0 Å². The Balaban J connectivity index is 2.90. The smallest absolute Gasteiger partial charge is 0.192 e. The molecule has 0 saturated heterocycles.